The van der Waals surface area contributed by atoms with Crippen molar-refractivity contribution in [2.45, 2.75) is 52.2 Å². The Bertz CT molecular complexity index is 402. The highest BCUT2D eigenvalue weighted by molar-refractivity contribution is 5.25. The quantitative estimate of drug-likeness (QED) is 0.882. The maximum absolute atomic E-state index is 3.61. The monoisotopic (exact) mass is 246 g/mol. The summed E-state index contributed by atoms with van der Waals surface area (Å²) >= 11 is 0. The van der Waals surface area contributed by atoms with Crippen LogP contribution in [-0.4, -0.2) is 29.6 Å². The second-order valence-electron chi connectivity index (χ2n) is 5.94. The average molecular weight is 246 g/mol. The van der Waals surface area contributed by atoms with Gasteiger partial charge in [0.05, 0.1) is 0 Å². The molecule has 2 rings (SSSR count). The first-order valence-electron chi connectivity index (χ1n) is 7.08. The van der Waals surface area contributed by atoms with Crippen molar-refractivity contribution < 1.29 is 0 Å². The topological polar surface area (TPSA) is 15.3 Å². The molecule has 1 aromatic rings. The number of rotatable bonds is 3. The van der Waals surface area contributed by atoms with Crippen molar-refractivity contribution in [1.29, 1.82) is 0 Å². The third-order valence-electron chi connectivity index (χ3n) is 4.47. The van der Waals surface area contributed by atoms with Crippen molar-refractivity contribution in [3.8, 4) is 0 Å². The molecule has 1 fully saturated rings. The van der Waals surface area contributed by atoms with E-state index in [-0.39, 0.29) is 5.54 Å². The number of piperazine rings is 1. The van der Waals surface area contributed by atoms with E-state index in [0.717, 1.165) is 19.6 Å². The van der Waals surface area contributed by atoms with Crippen molar-refractivity contribution >= 4 is 0 Å². The molecular weight excluding hydrogens is 220 g/mol. The number of hydrogen-bond acceptors (Lipinski definition) is 2. The number of nitrogens with one attached hydrogen (secondary N) is 1. The average Bonchev–Trinajstić information content (AvgIpc) is 2.37. The lowest BCUT2D eigenvalue weighted by molar-refractivity contribution is 0.0451. The van der Waals surface area contributed by atoms with Crippen molar-refractivity contribution in [3.63, 3.8) is 0 Å². The zero-order chi connectivity index (χ0) is 13.2. The van der Waals surface area contributed by atoms with E-state index in [4.69, 9.17) is 0 Å². The summed E-state index contributed by atoms with van der Waals surface area (Å²) in [6.45, 7) is 12.5. The molecule has 18 heavy (non-hydrogen) atoms. The Morgan fingerprint density at radius 2 is 2.11 bits per heavy atom. The summed E-state index contributed by atoms with van der Waals surface area (Å²) in [7, 11) is 0. The Labute approximate surface area is 111 Å². The molecule has 0 bridgehead atoms. The van der Waals surface area contributed by atoms with E-state index >= 15 is 0 Å². The van der Waals surface area contributed by atoms with Gasteiger partial charge in [0.1, 0.15) is 0 Å². The molecule has 0 saturated carbocycles. The molecule has 1 aliphatic heterocycles. The lowest BCUT2D eigenvalue weighted by Gasteiger charge is -2.47. The molecule has 2 unspecified atom stereocenters. The van der Waals surface area contributed by atoms with Crippen LogP contribution in [0.1, 0.15) is 38.3 Å². The van der Waals surface area contributed by atoms with Gasteiger partial charge in [-0.2, -0.15) is 0 Å². The van der Waals surface area contributed by atoms with Gasteiger partial charge in [0.15, 0.2) is 0 Å². The van der Waals surface area contributed by atoms with Crippen LogP contribution in [0.4, 0.5) is 0 Å². The van der Waals surface area contributed by atoms with Crippen molar-refractivity contribution in [2.24, 2.45) is 0 Å². The first kappa shape index (κ1) is 13.6. The van der Waals surface area contributed by atoms with Gasteiger partial charge in [0.25, 0.3) is 0 Å². The fourth-order valence-electron chi connectivity index (χ4n) is 2.72. The van der Waals surface area contributed by atoms with E-state index in [1.807, 2.05) is 0 Å². The van der Waals surface area contributed by atoms with Gasteiger partial charge in [-0.15, -0.1) is 0 Å². The summed E-state index contributed by atoms with van der Waals surface area (Å²) in [5.41, 5.74) is 3.16. The molecule has 0 aliphatic carbocycles. The second-order valence-corrected chi connectivity index (χ2v) is 5.94. The van der Waals surface area contributed by atoms with Crippen LogP contribution in [0.3, 0.4) is 0 Å². The predicted octanol–water partition coefficient (Wildman–Crippen LogP) is 2.96. The molecule has 2 atom stereocenters. The highest BCUT2D eigenvalue weighted by Gasteiger charge is 2.34. The van der Waals surface area contributed by atoms with Gasteiger partial charge < -0.3 is 5.32 Å². The lowest BCUT2D eigenvalue weighted by atomic mass is 9.91. The number of hydrogen-bond donors (Lipinski definition) is 1. The minimum Gasteiger partial charge on any atom is -0.311 e. The van der Waals surface area contributed by atoms with Gasteiger partial charge in [-0.25, -0.2) is 0 Å². The molecule has 2 heteroatoms. The van der Waals surface area contributed by atoms with Crippen molar-refractivity contribution in [3.05, 3.63) is 35.4 Å². The highest BCUT2D eigenvalue weighted by atomic mass is 15.3. The van der Waals surface area contributed by atoms with E-state index in [9.17, 15) is 0 Å². The second kappa shape index (κ2) is 5.41. The molecule has 1 saturated heterocycles. The Balaban J connectivity index is 2.17. The zero-order valence-corrected chi connectivity index (χ0v) is 12.2. The fourth-order valence-corrected chi connectivity index (χ4v) is 2.72. The van der Waals surface area contributed by atoms with E-state index in [2.05, 4.69) is 62.2 Å². The maximum atomic E-state index is 3.61. The molecule has 1 aliphatic rings. The minimum atomic E-state index is 0.286. The Kier molecular flexibility index (Phi) is 4.08. The van der Waals surface area contributed by atoms with Crippen LogP contribution >= 0.6 is 0 Å². The predicted molar refractivity (Wildman–Crippen MR) is 77.7 cm³/mol. The number of benzene rings is 1. The van der Waals surface area contributed by atoms with Crippen molar-refractivity contribution in [1.82, 2.24) is 10.2 Å². The van der Waals surface area contributed by atoms with Gasteiger partial charge in [-0.3, -0.25) is 4.90 Å². The summed E-state index contributed by atoms with van der Waals surface area (Å²) < 4.78 is 0. The minimum absolute atomic E-state index is 0.286. The van der Waals surface area contributed by atoms with Gasteiger partial charge in [0, 0.05) is 31.2 Å². The van der Waals surface area contributed by atoms with Crippen LogP contribution in [0.5, 0.6) is 0 Å². The summed E-state index contributed by atoms with van der Waals surface area (Å²) in [5, 5.41) is 3.61. The van der Waals surface area contributed by atoms with E-state index in [1.165, 1.54) is 17.5 Å². The number of aryl methyl sites for hydroxylation is 1. The van der Waals surface area contributed by atoms with E-state index < -0.39 is 0 Å². The Morgan fingerprint density at radius 1 is 1.39 bits per heavy atom. The molecule has 0 spiro atoms. The lowest BCUT2D eigenvalue weighted by Crippen LogP contribution is -2.61. The first-order chi connectivity index (χ1) is 8.55. The molecule has 1 heterocycles. The van der Waals surface area contributed by atoms with Gasteiger partial charge >= 0.3 is 0 Å². The summed E-state index contributed by atoms with van der Waals surface area (Å²) in [4.78, 5) is 2.65. The highest BCUT2D eigenvalue weighted by Crippen LogP contribution is 2.25. The Hall–Kier alpha value is -0.860. The third-order valence-corrected chi connectivity index (χ3v) is 4.47. The molecule has 1 aromatic carbocycles. The van der Waals surface area contributed by atoms with Gasteiger partial charge in [-0.05, 0) is 38.3 Å². The van der Waals surface area contributed by atoms with Crippen LogP contribution in [0.2, 0.25) is 0 Å². The summed E-state index contributed by atoms with van der Waals surface area (Å²) in [6, 6.07) is 9.34. The number of nitrogens with zero attached hydrogens (tertiary/aromatic N) is 1. The molecule has 0 amide bonds. The first-order valence-corrected chi connectivity index (χ1v) is 7.08. The summed E-state index contributed by atoms with van der Waals surface area (Å²) in [6.07, 6.45) is 1.19. The van der Waals surface area contributed by atoms with Gasteiger partial charge in [-0.1, -0.05) is 31.2 Å². The smallest absolute Gasteiger partial charge is 0.0307 e. The van der Waals surface area contributed by atoms with E-state index in [1.54, 1.807) is 0 Å². The Morgan fingerprint density at radius 3 is 2.78 bits per heavy atom. The largest absolute Gasteiger partial charge is 0.311 e. The van der Waals surface area contributed by atoms with Crippen LogP contribution < -0.4 is 5.32 Å². The standard InChI is InChI=1S/C16H26N2/c1-5-16(4)12-17-14(3)10-18(16)11-15-9-7-6-8-13(15)2/h6-9,14,17H,5,10-12H2,1-4H3. The normalized spacial score (nSPS) is 29.4. The molecule has 2 nitrogen and oxygen atoms in total. The van der Waals surface area contributed by atoms with E-state index in [0.29, 0.717) is 6.04 Å². The van der Waals surface area contributed by atoms with Crippen molar-refractivity contribution in [2.75, 3.05) is 13.1 Å². The zero-order valence-electron chi connectivity index (χ0n) is 12.2. The maximum Gasteiger partial charge on any atom is 0.0307 e. The SMILES string of the molecule is CCC1(C)CNC(C)CN1Cc1ccccc1C. The molecule has 0 aromatic heterocycles. The third kappa shape index (κ3) is 2.76. The molecule has 0 radical (unpaired) electrons. The molecular formula is C16H26N2. The molecule has 100 valence electrons. The molecule has 1 N–H and O–H groups in total. The van der Waals surface area contributed by atoms with Gasteiger partial charge in [0.2, 0.25) is 0 Å². The fraction of sp³-hybridized carbons (Fsp3) is 0.625. The summed E-state index contributed by atoms with van der Waals surface area (Å²) in [5.74, 6) is 0. The van der Waals surface area contributed by atoms with Crippen LogP contribution in [0.25, 0.3) is 0 Å². The van der Waals surface area contributed by atoms with Crippen LogP contribution in [0.15, 0.2) is 24.3 Å². The van der Waals surface area contributed by atoms with Crippen LogP contribution in [0, 0.1) is 6.92 Å². The van der Waals surface area contributed by atoms with Crippen LogP contribution in [-0.2, 0) is 6.54 Å².